The zero-order valence-corrected chi connectivity index (χ0v) is 27.4. The van der Waals surface area contributed by atoms with Crippen LogP contribution in [0.4, 0.5) is 23.0 Å². The second kappa shape index (κ2) is 14.4. The molecular formula is C36H40N8O5. The topological polar surface area (TPSA) is 154 Å². The number of ether oxygens (including phenoxy) is 2. The van der Waals surface area contributed by atoms with Crippen LogP contribution in [0.15, 0.2) is 72.0 Å². The van der Waals surface area contributed by atoms with Crippen molar-refractivity contribution in [3.63, 3.8) is 0 Å². The average molecular weight is 665 g/mol. The SMILES string of the molecule is C=CC(=O)Nc1cc(Nc2nccc(-c3[nH]c(OCCO)nc3-c3ccc4ccoc4c3)n2)c(OC)cc1N1CCC(N2CCCC2)CC1. The van der Waals surface area contributed by atoms with Crippen LogP contribution < -0.4 is 25.0 Å². The number of hydrogen-bond acceptors (Lipinski definition) is 11. The molecule has 254 valence electrons. The Morgan fingerprint density at radius 2 is 1.94 bits per heavy atom. The summed E-state index contributed by atoms with van der Waals surface area (Å²) in [5, 5.41) is 16.6. The minimum Gasteiger partial charge on any atom is -0.494 e. The largest absolute Gasteiger partial charge is 0.494 e. The minimum absolute atomic E-state index is 0.0805. The van der Waals surface area contributed by atoms with E-state index in [-0.39, 0.29) is 25.1 Å². The Morgan fingerprint density at radius 3 is 2.71 bits per heavy atom. The van der Waals surface area contributed by atoms with Gasteiger partial charge < -0.3 is 44.4 Å². The number of imidazole rings is 1. The van der Waals surface area contributed by atoms with Crippen molar-refractivity contribution in [1.82, 2.24) is 24.8 Å². The van der Waals surface area contributed by atoms with Gasteiger partial charge in [-0.1, -0.05) is 18.7 Å². The van der Waals surface area contributed by atoms with Gasteiger partial charge in [-0.05, 0) is 69.1 Å². The summed E-state index contributed by atoms with van der Waals surface area (Å²) in [4.78, 5) is 34.7. The van der Waals surface area contributed by atoms with Crippen LogP contribution in [0.3, 0.4) is 0 Å². The molecule has 3 aromatic heterocycles. The Labute approximate surface area is 284 Å². The Morgan fingerprint density at radius 1 is 1.10 bits per heavy atom. The average Bonchev–Trinajstić information content (AvgIpc) is 3.93. The monoisotopic (exact) mass is 664 g/mol. The summed E-state index contributed by atoms with van der Waals surface area (Å²) in [7, 11) is 1.61. The normalized spacial score (nSPS) is 15.4. The first-order valence-electron chi connectivity index (χ1n) is 16.6. The fraction of sp³-hybridized carbons (Fsp3) is 0.333. The molecule has 0 aliphatic carbocycles. The van der Waals surface area contributed by atoms with Crippen LogP contribution in [0.2, 0.25) is 0 Å². The Bertz CT molecular complexity index is 1940. The summed E-state index contributed by atoms with van der Waals surface area (Å²) < 4.78 is 17.1. The summed E-state index contributed by atoms with van der Waals surface area (Å²) in [5.41, 5.74) is 5.37. The second-order valence-corrected chi connectivity index (χ2v) is 12.1. The lowest BCUT2D eigenvalue weighted by atomic mass is 10.0. The molecule has 2 fully saturated rings. The number of amides is 1. The third-order valence-electron chi connectivity index (χ3n) is 9.12. The molecule has 2 aliphatic heterocycles. The molecule has 2 saturated heterocycles. The zero-order valence-electron chi connectivity index (χ0n) is 27.4. The van der Waals surface area contributed by atoms with Gasteiger partial charge >= 0.3 is 0 Å². The predicted molar refractivity (Wildman–Crippen MR) is 189 cm³/mol. The number of furan rings is 1. The van der Waals surface area contributed by atoms with Crippen molar-refractivity contribution < 1.29 is 23.8 Å². The molecule has 2 aliphatic rings. The highest BCUT2D eigenvalue weighted by molar-refractivity contribution is 6.02. The predicted octanol–water partition coefficient (Wildman–Crippen LogP) is 5.59. The highest BCUT2D eigenvalue weighted by Gasteiger charge is 2.28. The number of nitrogens with one attached hydrogen (secondary N) is 3. The van der Waals surface area contributed by atoms with Gasteiger partial charge in [0, 0.05) is 42.3 Å². The number of anilines is 4. The van der Waals surface area contributed by atoms with E-state index >= 15 is 0 Å². The molecule has 5 aromatic rings. The van der Waals surface area contributed by atoms with Crippen molar-refractivity contribution in [1.29, 1.82) is 0 Å². The number of benzene rings is 2. The number of H-pyrrole nitrogens is 1. The second-order valence-electron chi connectivity index (χ2n) is 12.1. The van der Waals surface area contributed by atoms with Crippen molar-refractivity contribution in [3.8, 4) is 34.4 Å². The van der Waals surface area contributed by atoms with E-state index in [9.17, 15) is 9.90 Å². The highest BCUT2D eigenvalue weighted by Crippen LogP contribution is 2.40. The van der Waals surface area contributed by atoms with Crippen molar-refractivity contribution in [2.75, 3.05) is 62.0 Å². The van der Waals surface area contributed by atoms with E-state index in [4.69, 9.17) is 18.9 Å². The highest BCUT2D eigenvalue weighted by atomic mass is 16.5. The Kier molecular flexibility index (Phi) is 9.44. The number of methoxy groups -OCH3 is 1. The van der Waals surface area contributed by atoms with Crippen molar-refractivity contribution >= 4 is 39.9 Å². The van der Waals surface area contributed by atoms with Crippen LogP contribution in [0, 0.1) is 0 Å². The van der Waals surface area contributed by atoms with E-state index in [1.165, 1.54) is 32.0 Å². The van der Waals surface area contributed by atoms with E-state index in [0.29, 0.717) is 46.2 Å². The van der Waals surface area contributed by atoms with Crippen LogP contribution in [0.25, 0.3) is 33.6 Å². The van der Waals surface area contributed by atoms with Gasteiger partial charge in [-0.25, -0.2) is 9.97 Å². The number of aliphatic hydroxyl groups is 1. The third-order valence-corrected chi connectivity index (χ3v) is 9.12. The van der Waals surface area contributed by atoms with Crippen molar-refractivity contribution in [3.05, 3.63) is 67.6 Å². The smallest absolute Gasteiger partial charge is 0.294 e. The van der Waals surface area contributed by atoms with E-state index in [1.807, 2.05) is 36.4 Å². The van der Waals surface area contributed by atoms with Gasteiger partial charge in [0.05, 0.1) is 48.4 Å². The van der Waals surface area contributed by atoms with Gasteiger partial charge in [-0.15, -0.1) is 0 Å². The molecule has 0 saturated carbocycles. The van der Waals surface area contributed by atoms with Crippen LogP contribution in [0.5, 0.6) is 11.8 Å². The maximum atomic E-state index is 12.6. The standard InChI is InChI=1S/C36H40N8O5/c1-3-32(46)38-27-21-28(31(47-2)22-29(27)44-15-9-25(10-16-44)43-13-4-5-14-43)40-35-37-12-8-26(39-35)34-33(41-36(42-34)49-19-17-45)24-7-6-23-11-18-48-30(23)20-24/h3,6-8,11-12,18,20-22,25,45H,1,4-5,9-10,13-17,19H2,2H3,(H,38,46)(H,41,42)(H,37,39,40). The van der Waals surface area contributed by atoms with E-state index in [1.54, 1.807) is 25.6 Å². The van der Waals surface area contributed by atoms with E-state index in [0.717, 1.165) is 48.2 Å². The van der Waals surface area contributed by atoms with Crippen LogP contribution in [0.1, 0.15) is 25.7 Å². The maximum Gasteiger partial charge on any atom is 0.294 e. The van der Waals surface area contributed by atoms with E-state index in [2.05, 4.69) is 42.0 Å². The number of fused-ring (bicyclic) bond motifs is 1. The van der Waals surface area contributed by atoms with Crippen LogP contribution in [-0.2, 0) is 4.79 Å². The molecule has 4 N–H and O–H groups in total. The van der Waals surface area contributed by atoms with Crippen LogP contribution in [-0.4, -0.2) is 88.4 Å². The number of aromatic amines is 1. The molecule has 0 bridgehead atoms. The molecule has 1 amide bonds. The minimum atomic E-state index is -0.304. The fourth-order valence-corrected chi connectivity index (χ4v) is 6.70. The summed E-state index contributed by atoms with van der Waals surface area (Å²) >= 11 is 0. The molecule has 2 aromatic carbocycles. The summed E-state index contributed by atoms with van der Waals surface area (Å²) in [6, 6.07) is 14.1. The first-order valence-corrected chi connectivity index (χ1v) is 16.6. The molecule has 49 heavy (non-hydrogen) atoms. The number of nitrogens with zero attached hydrogens (tertiary/aromatic N) is 5. The third kappa shape index (κ3) is 6.94. The molecule has 13 heteroatoms. The number of carbonyl (C=O) groups excluding carboxylic acids is 1. The quantitative estimate of drug-likeness (QED) is 0.123. The summed E-state index contributed by atoms with van der Waals surface area (Å²) in [6.07, 6.45) is 9.24. The molecule has 0 unspecified atom stereocenters. The lowest BCUT2D eigenvalue weighted by Gasteiger charge is -2.38. The van der Waals surface area contributed by atoms with Crippen molar-refractivity contribution in [2.24, 2.45) is 0 Å². The number of carbonyl (C=O) groups is 1. The zero-order chi connectivity index (χ0) is 33.7. The Hall–Kier alpha value is -5.40. The maximum absolute atomic E-state index is 12.6. The van der Waals surface area contributed by atoms with Gasteiger partial charge in [0.2, 0.25) is 11.9 Å². The van der Waals surface area contributed by atoms with Crippen LogP contribution >= 0.6 is 0 Å². The lowest BCUT2D eigenvalue weighted by molar-refractivity contribution is -0.111. The molecule has 0 spiro atoms. The van der Waals surface area contributed by atoms with E-state index < -0.39 is 0 Å². The number of aliphatic hydroxyl groups excluding tert-OH is 1. The van der Waals surface area contributed by atoms with Crippen molar-refractivity contribution in [2.45, 2.75) is 31.7 Å². The number of hydrogen-bond donors (Lipinski definition) is 4. The van der Waals surface area contributed by atoms with Gasteiger partial charge in [0.25, 0.3) is 6.01 Å². The number of rotatable bonds is 12. The molecular weight excluding hydrogens is 624 g/mol. The molecule has 13 nitrogen and oxygen atoms in total. The summed E-state index contributed by atoms with van der Waals surface area (Å²) in [6.45, 7) is 7.70. The fourth-order valence-electron chi connectivity index (χ4n) is 6.70. The van der Waals surface area contributed by atoms with Gasteiger partial charge in [-0.3, -0.25) is 4.79 Å². The van der Waals surface area contributed by atoms with Gasteiger partial charge in [0.1, 0.15) is 23.6 Å². The molecule has 0 atom stereocenters. The number of piperidine rings is 1. The molecule has 7 rings (SSSR count). The molecule has 5 heterocycles. The summed E-state index contributed by atoms with van der Waals surface area (Å²) in [5.74, 6) is 0.577. The Balaban J connectivity index is 1.19. The van der Waals surface area contributed by atoms with Gasteiger partial charge in [-0.2, -0.15) is 4.98 Å². The first kappa shape index (κ1) is 32.2. The van der Waals surface area contributed by atoms with Gasteiger partial charge in [0.15, 0.2) is 0 Å². The lowest BCUT2D eigenvalue weighted by Crippen LogP contribution is -2.44. The first-order chi connectivity index (χ1) is 24.0. The molecule has 0 radical (unpaired) electrons. The number of likely N-dealkylation sites (tertiary alicyclic amines) is 1. The number of aromatic nitrogens is 4.